The van der Waals surface area contributed by atoms with Crippen molar-refractivity contribution in [2.45, 2.75) is 32.2 Å². The normalized spacial score (nSPS) is 17.2. The monoisotopic (exact) mass is 391 g/mol. The molecule has 1 atom stereocenters. The van der Waals surface area contributed by atoms with E-state index in [-0.39, 0.29) is 12.8 Å². The largest absolute Gasteiger partial charge is 0.454 e. The second-order valence-electron chi connectivity index (χ2n) is 6.95. The Morgan fingerprint density at radius 1 is 1.07 bits per heavy atom. The van der Waals surface area contributed by atoms with Crippen molar-refractivity contribution >= 4 is 11.8 Å². The fourth-order valence-corrected chi connectivity index (χ4v) is 3.39. The SMILES string of the molecule is CCCCCNC(=O)C(=O)NC[C@H](c1ccc2c(c1)OCO2)N1CCOCC1. The first-order chi connectivity index (χ1) is 13.7. The molecule has 0 aliphatic carbocycles. The van der Waals surface area contributed by atoms with Gasteiger partial charge in [0, 0.05) is 26.2 Å². The smallest absolute Gasteiger partial charge is 0.309 e. The molecule has 2 amide bonds. The van der Waals surface area contributed by atoms with E-state index in [0.717, 1.165) is 43.7 Å². The van der Waals surface area contributed by atoms with Gasteiger partial charge in [0.1, 0.15) is 0 Å². The van der Waals surface area contributed by atoms with Gasteiger partial charge in [-0.05, 0) is 24.1 Å². The predicted octanol–water partition coefficient (Wildman–Crippen LogP) is 1.21. The van der Waals surface area contributed by atoms with E-state index in [0.29, 0.717) is 32.1 Å². The Hall–Kier alpha value is -2.32. The Bertz CT molecular complexity index is 676. The van der Waals surface area contributed by atoms with Crippen molar-refractivity contribution in [1.29, 1.82) is 0 Å². The molecule has 0 unspecified atom stereocenters. The van der Waals surface area contributed by atoms with Crippen LogP contribution in [-0.2, 0) is 14.3 Å². The van der Waals surface area contributed by atoms with Crippen LogP contribution in [0, 0.1) is 0 Å². The van der Waals surface area contributed by atoms with Gasteiger partial charge < -0.3 is 24.8 Å². The number of carbonyl (C=O) groups is 2. The second-order valence-corrected chi connectivity index (χ2v) is 6.95. The molecule has 28 heavy (non-hydrogen) atoms. The summed E-state index contributed by atoms with van der Waals surface area (Å²) < 4.78 is 16.3. The summed E-state index contributed by atoms with van der Waals surface area (Å²) in [6, 6.07) is 5.73. The number of rotatable bonds is 8. The lowest BCUT2D eigenvalue weighted by Crippen LogP contribution is -2.46. The fraction of sp³-hybridized carbons (Fsp3) is 0.600. The molecule has 1 fully saturated rings. The van der Waals surface area contributed by atoms with Crippen molar-refractivity contribution in [2.24, 2.45) is 0 Å². The number of nitrogens with zero attached hydrogens (tertiary/aromatic N) is 1. The van der Waals surface area contributed by atoms with Crippen molar-refractivity contribution in [1.82, 2.24) is 15.5 Å². The quantitative estimate of drug-likeness (QED) is 0.512. The number of hydrogen-bond donors (Lipinski definition) is 2. The Morgan fingerprint density at radius 3 is 2.61 bits per heavy atom. The van der Waals surface area contributed by atoms with Gasteiger partial charge in [0.05, 0.1) is 19.3 Å². The van der Waals surface area contributed by atoms with Crippen LogP contribution in [-0.4, -0.2) is 62.9 Å². The molecule has 0 saturated carbocycles. The van der Waals surface area contributed by atoms with E-state index in [2.05, 4.69) is 22.5 Å². The van der Waals surface area contributed by atoms with E-state index >= 15 is 0 Å². The molecule has 8 nitrogen and oxygen atoms in total. The fourth-order valence-electron chi connectivity index (χ4n) is 3.39. The number of amides is 2. The number of benzene rings is 1. The predicted molar refractivity (Wildman–Crippen MR) is 103 cm³/mol. The van der Waals surface area contributed by atoms with Gasteiger partial charge in [0.25, 0.3) is 0 Å². The van der Waals surface area contributed by atoms with Gasteiger partial charge in [0.2, 0.25) is 6.79 Å². The summed E-state index contributed by atoms with van der Waals surface area (Å²) >= 11 is 0. The van der Waals surface area contributed by atoms with Gasteiger partial charge >= 0.3 is 11.8 Å². The summed E-state index contributed by atoms with van der Waals surface area (Å²) in [5.74, 6) is 0.244. The molecule has 2 heterocycles. The minimum atomic E-state index is -0.601. The number of unbranched alkanes of at least 4 members (excludes halogenated alkanes) is 2. The zero-order valence-corrected chi connectivity index (χ0v) is 16.4. The van der Waals surface area contributed by atoms with Gasteiger partial charge in [-0.2, -0.15) is 0 Å². The van der Waals surface area contributed by atoms with E-state index in [9.17, 15) is 9.59 Å². The molecule has 154 valence electrons. The molecule has 1 saturated heterocycles. The van der Waals surface area contributed by atoms with Crippen LogP contribution in [0.4, 0.5) is 0 Å². The van der Waals surface area contributed by atoms with E-state index < -0.39 is 11.8 Å². The third-order valence-electron chi connectivity index (χ3n) is 5.00. The molecule has 0 aromatic heterocycles. The highest BCUT2D eigenvalue weighted by Gasteiger charge is 2.26. The summed E-state index contributed by atoms with van der Waals surface area (Å²) in [5.41, 5.74) is 1.01. The first-order valence-electron chi connectivity index (χ1n) is 9.96. The molecule has 3 rings (SSSR count). The Labute approximate surface area is 165 Å². The molecule has 0 bridgehead atoms. The molecule has 8 heteroatoms. The average molecular weight is 391 g/mol. The molecule has 1 aromatic rings. The summed E-state index contributed by atoms with van der Waals surface area (Å²) in [5, 5.41) is 5.45. The first-order valence-corrected chi connectivity index (χ1v) is 9.96. The molecule has 2 aliphatic rings. The highest BCUT2D eigenvalue weighted by molar-refractivity contribution is 6.35. The van der Waals surface area contributed by atoms with Crippen LogP contribution in [0.25, 0.3) is 0 Å². The minimum absolute atomic E-state index is 0.0739. The highest BCUT2D eigenvalue weighted by atomic mass is 16.7. The lowest BCUT2D eigenvalue weighted by Gasteiger charge is -2.34. The summed E-state index contributed by atoms with van der Waals surface area (Å²) in [6.45, 7) is 5.98. The van der Waals surface area contributed by atoms with Crippen molar-refractivity contribution in [2.75, 3.05) is 46.2 Å². The Kier molecular flexibility index (Phi) is 7.50. The number of ether oxygens (including phenoxy) is 3. The minimum Gasteiger partial charge on any atom is -0.454 e. The zero-order valence-electron chi connectivity index (χ0n) is 16.4. The van der Waals surface area contributed by atoms with Crippen molar-refractivity contribution < 1.29 is 23.8 Å². The standard InChI is InChI=1S/C20H29N3O5/c1-2-3-4-7-21-19(24)20(25)22-13-16(23-8-10-26-11-9-23)15-5-6-17-18(12-15)28-14-27-17/h5-6,12,16H,2-4,7-11,13-14H2,1H3,(H,21,24)(H,22,25)/t16-/m1/s1. The van der Waals surface area contributed by atoms with E-state index in [1.165, 1.54) is 0 Å². The van der Waals surface area contributed by atoms with Crippen LogP contribution in [0.3, 0.4) is 0 Å². The topological polar surface area (TPSA) is 89.1 Å². The van der Waals surface area contributed by atoms with E-state index in [1.807, 2.05) is 18.2 Å². The van der Waals surface area contributed by atoms with Crippen LogP contribution in [0.5, 0.6) is 11.5 Å². The number of hydrogen-bond acceptors (Lipinski definition) is 6. The summed E-state index contributed by atoms with van der Waals surface area (Å²) in [7, 11) is 0. The second kappa shape index (κ2) is 10.3. The summed E-state index contributed by atoms with van der Waals surface area (Å²) in [6.07, 6.45) is 2.98. The van der Waals surface area contributed by atoms with Gasteiger partial charge in [0.15, 0.2) is 11.5 Å². The van der Waals surface area contributed by atoms with Crippen LogP contribution < -0.4 is 20.1 Å². The van der Waals surface area contributed by atoms with Crippen LogP contribution >= 0.6 is 0 Å². The molecular formula is C20H29N3O5. The number of morpholine rings is 1. The lowest BCUT2D eigenvalue weighted by molar-refractivity contribution is -0.139. The molecular weight excluding hydrogens is 362 g/mol. The molecule has 2 aliphatic heterocycles. The van der Waals surface area contributed by atoms with Crippen molar-refractivity contribution in [3.05, 3.63) is 23.8 Å². The molecule has 1 aromatic carbocycles. The Morgan fingerprint density at radius 2 is 1.82 bits per heavy atom. The molecule has 0 spiro atoms. The van der Waals surface area contributed by atoms with E-state index in [4.69, 9.17) is 14.2 Å². The number of fused-ring (bicyclic) bond motifs is 1. The van der Waals surface area contributed by atoms with Gasteiger partial charge in [-0.15, -0.1) is 0 Å². The third kappa shape index (κ3) is 5.36. The average Bonchev–Trinajstić information content (AvgIpc) is 3.20. The van der Waals surface area contributed by atoms with E-state index in [1.54, 1.807) is 0 Å². The maximum Gasteiger partial charge on any atom is 0.309 e. The van der Waals surface area contributed by atoms with Gasteiger partial charge in [-0.3, -0.25) is 14.5 Å². The van der Waals surface area contributed by atoms with Crippen molar-refractivity contribution in [3.63, 3.8) is 0 Å². The van der Waals surface area contributed by atoms with Crippen LogP contribution in [0.2, 0.25) is 0 Å². The van der Waals surface area contributed by atoms with Crippen molar-refractivity contribution in [3.8, 4) is 11.5 Å². The molecule has 2 N–H and O–H groups in total. The van der Waals surface area contributed by atoms with Gasteiger partial charge in [-0.1, -0.05) is 25.8 Å². The molecule has 0 radical (unpaired) electrons. The Balaban J connectivity index is 1.61. The lowest BCUT2D eigenvalue weighted by atomic mass is 10.0. The third-order valence-corrected chi connectivity index (χ3v) is 5.00. The summed E-state index contributed by atoms with van der Waals surface area (Å²) in [4.78, 5) is 26.4. The number of nitrogens with one attached hydrogen (secondary N) is 2. The maximum atomic E-state index is 12.2. The highest BCUT2D eigenvalue weighted by Crippen LogP contribution is 2.35. The maximum absolute atomic E-state index is 12.2. The first kappa shape index (κ1) is 20.4. The van der Waals surface area contributed by atoms with Crippen LogP contribution in [0.15, 0.2) is 18.2 Å². The van der Waals surface area contributed by atoms with Crippen LogP contribution in [0.1, 0.15) is 37.8 Å². The van der Waals surface area contributed by atoms with Gasteiger partial charge in [-0.25, -0.2) is 0 Å². The number of carbonyl (C=O) groups excluding carboxylic acids is 2. The zero-order chi connectivity index (χ0) is 19.8.